The molecule has 2 aliphatic heterocycles. The van der Waals surface area contributed by atoms with Crippen LogP contribution >= 0.6 is 0 Å². The van der Waals surface area contributed by atoms with E-state index in [1.54, 1.807) is 36.2 Å². The number of amidine groups is 1. The molecule has 2 amide bonds. The molecular formula is C23H26N6O4. The predicted octanol–water partition coefficient (Wildman–Crippen LogP) is 2.14. The zero-order valence-electron chi connectivity index (χ0n) is 18.8. The highest BCUT2D eigenvalue weighted by atomic mass is 16.5. The zero-order chi connectivity index (χ0) is 23.6. The van der Waals surface area contributed by atoms with Gasteiger partial charge in [-0.3, -0.25) is 9.59 Å². The van der Waals surface area contributed by atoms with Crippen molar-refractivity contribution in [1.82, 2.24) is 15.3 Å². The first kappa shape index (κ1) is 22.3. The standard InChI is InChI=1S/C23H26N6O4/c1-23(2)11-16-18(32-15-5-6-17(26-12-15)22(31)29-7-4-8-29)9-14(10-19(16)33-23)21(30)28-20(24)13-27-25-3/h5-6,9-10,12-13,25H,4,7-8,11H2,1-3H3,(H2,24,28,30)/b27-13-. The van der Waals surface area contributed by atoms with Gasteiger partial charge in [0.05, 0.1) is 12.4 Å². The van der Waals surface area contributed by atoms with Crippen LogP contribution in [0.15, 0.2) is 40.6 Å². The van der Waals surface area contributed by atoms with Crippen molar-refractivity contribution >= 4 is 23.9 Å². The molecule has 2 aromatic rings. The van der Waals surface area contributed by atoms with Gasteiger partial charge in [-0.2, -0.15) is 10.1 Å². The number of likely N-dealkylation sites (tertiary alicyclic amines) is 1. The van der Waals surface area contributed by atoms with Crippen LogP contribution in [0.5, 0.6) is 17.2 Å². The summed E-state index contributed by atoms with van der Waals surface area (Å²) < 4.78 is 12.1. The Balaban J connectivity index is 1.61. The number of carbonyl (C=O) groups is 2. The van der Waals surface area contributed by atoms with Gasteiger partial charge in [0, 0.05) is 37.7 Å². The van der Waals surface area contributed by atoms with Gasteiger partial charge < -0.3 is 25.5 Å². The molecule has 1 aromatic carbocycles. The number of nitrogens with two attached hydrogens (primary N) is 1. The van der Waals surface area contributed by atoms with Gasteiger partial charge >= 0.3 is 0 Å². The van der Waals surface area contributed by atoms with Gasteiger partial charge in [0.25, 0.3) is 11.8 Å². The highest BCUT2D eigenvalue weighted by Crippen LogP contribution is 2.43. The lowest BCUT2D eigenvalue weighted by atomic mass is 9.99. The average molecular weight is 450 g/mol. The van der Waals surface area contributed by atoms with Crippen molar-refractivity contribution in [3.8, 4) is 17.2 Å². The minimum atomic E-state index is -0.551. The molecule has 1 saturated heterocycles. The molecule has 33 heavy (non-hydrogen) atoms. The Hall–Kier alpha value is -3.95. The number of ether oxygens (including phenoxy) is 2. The number of fused-ring (bicyclic) bond motifs is 1. The van der Waals surface area contributed by atoms with Crippen molar-refractivity contribution in [3.05, 3.63) is 47.3 Å². The van der Waals surface area contributed by atoms with Crippen LogP contribution in [0.25, 0.3) is 0 Å². The van der Waals surface area contributed by atoms with E-state index in [-0.39, 0.29) is 17.3 Å². The van der Waals surface area contributed by atoms with Crippen molar-refractivity contribution in [2.75, 3.05) is 20.1 Å². The molecule has 10 nitrogen and oxygen atoms in total. The number of nitrogens with zero attached hydrogens (tertiary/aromatic N) is 4. The first-order valence-corrected chi connectivity index (χ1v) is 10.6. The van der Waals surface area contributed by atoms with E-state index in [1.165, 1.54) is 12.4 Å². The first-order chi connectivity index (χ1) is 15.8. The topological polar surface area (TPSA) is 132 Å². The SMILES string of the molecule is CN/N=C\C(N)=NC(=O)c1cc(Oc2ccc(C(=O)N3CCC3)nc2)c2c(c1)OC(C)(C)C2. The largest absolute Gasteiger partial charge is 0.487 e. The smallest absolute Gasteiger partial charge is 0.279 e. The molecule has 10 heteroatoms. The first-order valence-electron chi connectivity index (χ1n) is 10.6. The molecule has 3 N–H and O–H groups in total. The third-order valence-corrected chi connectivity index (χ3v) is 5.29. The average Bonchev–Trinajstić information content (AvgIpc) is 3.05. The summed E-state index contributed by atoms with van der Waals surface area (Å²) in [5.74, 6) is 0.776. The van der Waals surface area contributed by atoms with Gasteiger partial charge in [-0.25, -0.2) is 4.98 Å². The van der Waals surface area contributed by atoms with Crippen LogP contribution in [0.2, 0.25) is 0 Å². The molecule has 0 bridgehead atoms. The maximum absolute atomic E-state index is 12.7. The Morgan fingerprint density at radius 2 is 2.09 bits per heavy atom. The summed E-state index contributed by atoms with van der Waals surface area (Å²) in [6.45, 7) is 5.44. The Bertz CT molecular complexity index is 1140. The van der Waals surface area contributed by atoms with E-state index in [0.29, 0.717) is 29.4 Å². The van der Waals surface area contributed by atoms with E-state index in [0.717, 1.165) is 25.1 Å². The third kappa shape index (κ3) is 4.94. The molecule has 0 aliphatic carbocycles. The second kappa shape index (κ2) is 8.89. The van der Waals surface area contributed by atoms with Gasteiger partial charge in [0.2, 0.25) is 0 Å². The second-order valence-corrected chi connectivity index (χ2v) is 8.44. The van der Waals surface area contributed by atoms with Crippen molar-refractivity contribution < 1.29 is 19.1 Å². The van der Waals surface area contributed by atoms with Gasteiger partial charge in [-0.05, 0) is 44.5 Å². The summed E-state index contributed by atoms with van der Waals surface area (Å²) >= 11 is 0. The number of hydrogen-bond acceptors (Lipinski definition) is 7. The van der Waals surface area contributed by atoms with Gasteiger partial charge in [0.1, 0.15) is 34.4 Å². The molecule has 4 rings (SSSR count). The van der Waals surface area contributed by atoms with Crippen molar-refractivity contribution in [2.24, 2.45) is 15.8 Å². The Labute approximate surface area is 191 Å². The number of hydrazone groups is 1. The minimum absolute atomic E-state index is 0.0368. The molecule has 172 valence electrons. The van der Waals surface area contributed by atoms with E-state index in [2.05, 4.69) is 20.5 Å². The van der Waals surface area contributed by atoms with E-state index >= 15 is 0 Å². The van der Waals surface area contributed by atoms with Gasteiger partial charge in [-0.1, -0.05) is 0 Å². The van der Waals surface area contributed by atoms with E-state index in [9.17, 15) is 9.59 Å². The number of rotatable bonds is 6. The summed E-state index contributed by atoms with van der Waals surface area (Å²) in [7, 11) is 1.61. The maximum Gasteiger partial charge on any atom is 0.279 e. The minimum Gasteiger partial charge on any atom is -0.487 e. The van der Waals surface area contributed by atoms with Crippen LogP contribution in [-0.4, -0.2) is 59.5 Å². The second-order valence-electron chi connectivity index (χ2n) is 8.44. The number of nitrogens with one attached hydrogen (secondary N) is 1. The van der Waals surface area contributed by atoms with Crippen molar-refractivity contribution in [1.29, 1.82) is 0 Å². The van der Waals surface area contributed by atoms with Crippen LogP contribution in [-0.2, 0) is 6.42 Å². The Kier molecular flexibility index (Phi) is 5.99. The molecule has 0 radical (unpaired) electrons. The van der Waals surface area contributed by atoms with Crippen LogP contribution < -0.4 is 20.6 Å². The van der Waals surface area contributed by atoms with Gasteiger partial charge in [-0.15, -0.1) is 0 Å². The monoisotopic (exact) mass is 450 g/mol. The van der Waals surface area contributed by atoms with Crippen LogP contribution in [0.4, 0.5) is 0 Å². The van der Waals surface area contributed by atoms with Crippen LogP contribution in [0, 0.1) is 0 Å². The molecule has 0 unspecified atom stereocenters. The summed E-state index contributed by atoms with van der Waals surface area (Å²) in [6, 6.07) is 6.57. The number of pyridine rings is 1. The number of amides is 2. The molecule has 2 aliphatic rings. The number of benzene rings is 1. The Morgan fingerprint density at radius 1 is 1.30 bits per heavy atom. The summed E-state index contributed by atoms with van der Waals surface area (Å²) in [5.41, 5.74) is 9.29. The molecular weight excluding hydrogens is 424 g/mol. The summed E-state index contributed by atoms with van der Waals surface area (Å²) in [6.07, 6.45) is 4.37. The van der Waals surface area contributed by atoms with E-state index in [1.807, 2.05) is 13.8 Å². The molecule has 1 fully saturated rings. The molecule has 0 atom stereocenters. The summed E-state index contributed by atoms with van der Waals surface area (Å²) in [5, 5.41) is 3.74. The molecule has 0 saturated carbocycles. The maximum atomic E-state index is 12.7. The lowest BCUT2D eigenvalue weighted by Crippen LogP contribution is -2.42. The Morgan fingerprint density at radius 3 is 2.73 bits per heavy atom. The molecule has 1 aromatic heterocycles. The van der Waals surface area contributed by atoms with Gasteiger partial charge in [0.15, 0.2) is 0 Å². The number of carbonyl (C=O) groups excluding carboxylic acids is 2. The lowest BCUT2D eigenvalue weighted by Gasteiger charge is -2.30. The fraction of sp³-hybridized carbons (Fsp3) is 0.348. The fourth-order valence-corrected chi connectivity index (χ4v) is 3.58. The highest BCUT2D eigenvalue weighted by Gasteiger charge is 2.34. The number of hydrogen-bond donors (Lipinski definition) is 2. The third-order valence-electron chi connectivity index (χ3n) is 5.29. The fourth-order valence-electron chi connectivity index (χ4n) is 3.58. The zero-order valence-corrected chi connectivity index (χ0v) is 18.8. The number of aromatic nitrogens is 1. The number of aliphatic imine (C=N–C) groups is 1. The van der Waals surface area contributed by atoms with Crippen LogP contribution in [0.1, 0.15) is 46.7 Å². The highest BCUT2D eigenvalue weighted by molar-refractivity contribution is 6.31. The predicted molar refractivity (Wildman–Crippen MR) is 123 cm³/mol. The quantitative estimate of drug-likeness (QED) is 0.391. The summed E-state index contributed by atoms with van der Waals surface area (Å²) in [4.78, 5) is 34.9. The van der Waals surface area contributed by atoms with Crippen LogP contribution in [0.3, 0.4) is 0 Å². The van der Waals surface area contributed by atoms with E-state index < -0.39 is 11.5 Å². The van der Waals surface area contributed by atoms with Crippen molar-refractivity contribution in [3.63, 3.8) is 0 Å². The van der Waals surface area contributed by atoms with E-state index in [4.69, 9.17) is 15.2 Å². The lowest BCUT2D eigenvalue weighted by molar-refractivity contribution is 0.0645. The van der Waals surface area contributed by atoms with Crippen molar-refractivity contribution in [2.45, 2.75) is 32.3 Å². The molecule has 3 heterocycles. The molecule has 0 spiro atoms. The normalized spacial score (nSPS) is 16.7.